The first kappa shape index (κ1) is 30.7. The predicted molar refractivity (Wildman–Crippen MR) is 142 cm³/mol. The van der Waals surface area contributed by atoms with Gasteiger partial charge in [0.2, 0.25) is 23.6 Å². The number of β-lactam (4-membered cyclic amide) rings is 2. The zero-order valence-corrected chi connectivity index (χ0v) is 22.1. The lowest BCUT2D eigenvalue weighted by atomic mass is 10.0. The molecule has 2 rings (SSSR count). The smallest absolute Gasteiger partial charge is 0.253 e. The Bertz CT molecular complexity index is 870. The molecule has 2 aliphatic heterocycles. The molecular weight excluding hydrogens is 488 g/mol. The Morgan fingerprint density at radius 3 is 1.37 bits per heavy atom. The van der Waals surface area contributed by atoms with Gasteiger partial charge in [-0.1, -0.05) is 24.3 Å². The minimum absolute atomic E-state index is 0.191. The molecular formula is C28H40N4O6. The van der Waals surface area contributed by atoms with Crippen LogP contribution in [0.4, 0.5) is 0 Å². The summed E-state index contributed by atoms with van der Waals surface area (Å²) in [5, 5.41) is 5.31. The fourth-order valence-corrected chi connectivity index (χ4v) is 4.11. The average molecular weight is 529 g/mol. The molecule has 0 saturated carbocycles. The fraction of sp³-hybridized carbons (Fsp3) is 0.571. The SMILES string of the molecule is C=CCCCC(=O)N[C@H]1CN(C(=O)CCC/C=C/CCCC(=O)N2C[C@H](NC(=O)CCCC=C)C2=O)C1=O. The quantitative estimate of drug-likeness (QED) is 0.159. The van der Waals surface area contributed by atoms with Gasteiger partial charge >= 0.3 is 0 Å². The van der Waals surface area contributed by atoms with Gasteiger partial charge in [-0.15, -0.1) is 13.2 Å². The van der Waals surface area contributed by atoms with E-state index in [4.69, 9.17) is 0 Å². The van der Waals surface area contributed by atoms with Gasteiger partial charge < -0.3 is 10.6 Å². The normalized spacial score (nSPS) is 18.5. The van der Waals surface area contributed by atoms with Gasteiger partial charge in [-0.25, -0.2) is 0 Å². The second-order valence-electron chi connectivity index (χ2n) is 9.54. The molecule has 0 radical (unpaired) electrons. The summed E-state index contributed by atoms with van der Waals surface area (Å²) in [7, 11) is 0. The van der Waals surface area contributed by atoms with E-state index in [1.165, 1.54) is 9.80 Å². The molecule has 0 aromatic heterocycles. The molecule has 2 atom stereocenters. The number of nitrogens with zero attached hydrogens (tertiary/aromatic N) is 2. The summed E-state index contributed by atoms with van der Waals surface area (Å²) in [6.07, 6.45) is 13.9. The van der Waals surface area contributed by atoms with E-state index in [0.29, 0.717) is 51.4 Å². The molecule has 10 heteroatoms. The summed E-state index contributed by atoms with van der Waals surface area (Å²) >= 11 is 0. The van der Waals surface area contributed by atoms with Gasteiger partial charge in [0.1, 0.15) is 12.1 Å². The fourth-order valence-electron chi connectivity index (χ4n) is 4.11. The average Bonchev–Trinajstić information content (AvgIpc) is 2.89. The van der Waals surface area contributed by atoms with Crippen molar-refractivity contribution in [3.63, 3.8) is 0 Å². The molecule has 2 saturated heterocycles. The van der Waals surface area contributed by atoms with Crippen LogP contribution < -0.4 is 10.6 Å². The minimum atomic E-state index is -0.610. The maximum absolute atomic E-state index is 12.2. The highest BCUT2D eigenvalue weighted by molar-refractivity contribution is 6.05. The highest BCUT2D eigenvalue weighted by atomic mass is 16.2. The Kier molecular flexibility index (Phi) is 13.2. The number of amides is 6. The van der Waals surface area contributed by atoms with Crippen LogP contribution in [0.3, 0.4) is 0 Å². The van der Waals surface area contributed by atoms with E-state index in [9.17, 15) is 28.8 Å². The molecule has 0 bridgehead atoms. The molecule has 2 N–H and O–H groups in total. The van der Waals surface area contributed by atoms with Gasteiger partial charge in [-0.2, -0.15) is 0 Å². The number of hydrogen-bond acceptors (Lipinski definition) is 6. The first-order chi connectivity index (χ1) is 18.3. The Morgan fingerprint density at radius 1 is 0.658 bits per heavy atom. The van der Waals surface area contributed by atoms with Crippen molar-refractivity contribution in [2.45, 2.75) is 89.1 Å². The van der Waals surface area contributed by atoms with Gasteiger partial charge in [0.15, 0.2) is 0 Å². The maximum Gasteiger partial charge on any atom is 0.253 e. The third kappa shape index (κ3) is 9.72. The van der Waals surface area contributed by atoms with E-state index >= 15 is 0 Å². The van der Waals surface area contributed by atoms with Crippen LogP contribution in [0.1, 0.15) is 77.0 Å². The van der Waals surface area contributed by atoms with Crippen LogP contribution in [0, 0.1) is 0 Å². The molecule has 2 fully saturated rings. The number of likely N-dealkylation sites (tertiary alicyclic amines) is 2. The van der Waals surface area contributed by atoms with Crippen molar-refractivity contribution in [3.8, 4) is 0 Å². The third-order valence-corrected chi connectivity index (χ3v) is 6.44. The number of allylic oxidation sites excluding steroid dienone is 4. The molecule has 0 aliphatic carbocycles. The van der Waals surface area contributed by atoms with Crippen LogP contribution in [-0.2, 0) is 28.8 Å². The van der Waals surface area contributed by atoms with E-state index in [-0.39, 0.29) is 61.4 Å². The molecule has 6 amide bonds. The van der Waals surface area contributed by atoms with E-state index in [1.807, 2.05) is 12.2 Å². The van der Waals surface area contributed by atoms with Crippen molar-refractivity contribution >= 4 is 35.4 Å². The predicted octanol–water partition coefficient (Wildman–Crippen LogP) is 2.30. The van der Waals surface area contributed by atoms with Crippen molar-refractivity contribution in [1.29, 1.82) is 0 Å². The van der Waals surface area contributed by atoms with Crippen LogP contribution in [0.5, 0.6) is 0 Å². The van der Waals surface area contributed by atoms with Crippen molar-refractivity contribution < 1.29 is 28.8 Å². The largest absolute Gasteiger partial charge is 0.343 e. The van der Waals surface area contributed by atoms with E-state index in [1.54, 1.807) is 12.2 Å². The maximum atomic E-state index is 12.2. The summed E-state index contributed by atoms with van der Waals surface area (Å²) < 4.78 is 0. The number of rotatable bonds is 18. The van der Waals surface area contributed by atoms with E-state index in [0.717, 1.165) is 12.8 Å². The van der Waals surface area contributed by atoms with Crippen molar-refractivity contribution in [3.05, 3.63) is 37.5 Å². The molecule has 38 heavy (non-hydrogen) atoms. The number of imide groups is 2. The molecule has 0 aromatic rings. The van der Waals surface area contributed by atoms with Crippen LogP contribution in [0.2, 0.25) is 0 Å². The van der Waals surface area contributed by atoms with Gasteiger partial charge in [0, 0.05) is 25.7 Å². The number of hydrogen-bond donors (Lipinski definition) is 2. The first-order valence-electron chi connectivity index (χ1n) is 13.4. The lowest BCUT2D eigenvalue weighted by Gasteiger charge is -2.37. The zero-order chi connectivity index (χ0) is 27.9. The Balaban J connectivity index is 1.50. The highest BCUT2D eigenvalue weighted by Crippen LogP contribution is 2.16. The highest BCUT2D eigenvalue weighted by Gasteiger charge is 2.41. The van der Waals surface area contributed by atoms with Crippen LogP contribution in [0.15, 0.2) is 37.5 Å². The first-order valence-corrected chi connectivity index (χ1v) is 13.4. The second-order valence-corrected chi connectivity index (χ2v) is 9.54. The summed E-state index contributed by atoms with van der Waals surface area (Å²) in [6, 6.07) is -1.22. The Hall–Kier alpha value is -3.56. The summed E-state index contributed by atoms with van der Waals surface area (Å²) in [5.74, 6) is -1.57. The molecule has 2 heterocycles. The van der Waals surface area contributed by atoms with Crippen LogP contribution in [-0.4, -0.2) is 70.4 Å². The lowest BCUT2D eigenvalue weighted by molar-refractivity contribution is -0.158. The van der Waals surface area contributed by atoms with E-state index in [2.05, 4.69) is 23.8 Å². The summed E-state index contributed by atoms with van der Waals surface area (Å²) in [6.45, 7) is 7.64. The van der Waals surface area contributed by atoms with Crippen molar-refractivity contribution in [2.75, 3.05) is 13.1 Å². The number of carbonyl (C=O) groups excluding carboxylic acids is 6. The molecule has 2 aliphatic rings. The summed E-state index contributed by atoms with van der Waals surface area (Å²) in [5.41, 5.74) is 0. The van der Waals surface area contributed by atoms with Gasteiger partial charge in [-0.3, -0.25) is 38.6 Å². The Labute approximate surface area is 224 Å². The number of nitrogens with one attached hydrogen (secondary N) is 2. The lowest BCUT2D eigenvalue weighted by Crippen LogP contribution is -2.65. The van der Waals surface area contributed by atoms with Gasteiger partial charge in [0.25, 0.3) is 11.8 Å². The van der Waals surface area contributed by atoms with Gasteiger partial charge in [-0.05, 0) is 51.4 Å². The van der Waals surface area contributed by atoms with Crippen LogP contribution in [0.25, 0.3) is 0 Å². The molecule has 208 valence electrons. The topological polar surface area (TPSA) is 133 Å². The Morgan fingerprint density at radius 2 is 1.03 bits per heavy atom. The zero-order valence-electron chi connectivity index (χ0n) is 22.1. The molecule has 0 spiro atoms. The molecule has 0 aromatic carbocycles. The monoisotopic (exact) mass is 528 g/mol. The molecule has 10 nitrogen and oxygen atoms in total. The van der Waals surface area contributed by atoms with Crippen molar-refractivity contribution in [1.82, 2.24) is 20.4 Å². The second kappa shape index (κ2) is 16.3. The van der Waals surface area contributed by atoms with E-state index < -0.39 is 12.1 Å². The minimum Gasteiger partial charge on any atom is -0.343 e. The number of unbranched alkanes of at least 4 members (excludes halogenated alkanes) is 4. The third-order valence-electron chi connectivity index (χ3n) is 6.44. The van der Waals surface area contributed by atoms with Gasteiger partial charge in [0.05, 0.1) is 13.1 Å². The number of carbonyl (C=O) groups is 6. The standard InChI is InChI=1S/C28H40N4O6/c1-3-5-11-15-23(33)29-21-19-31(27(21)37)25(35)17-13-9-7-8-10-14-18-26(36)32-20-22(28(32)38)30-24(34)16-12-6-4-2/h3-4,7-8,21-22H,1-2,5-6,9-20H2,(H,29,33)(H,30,34)/b8-7+/t21-,22-/m0/s1. The summed E-state index contributed by atoms with van der Waals surface area (Å²) in [4.78, 5) is 74.6. The van der Waals surface area contributed by atoms with Crippen molar-refractivity contribution in [2.24, 2.45) is 0 Å². The van der Waals surface area contributed by atoms with Crippen LogP contribution >= 0.6 is 0 Å². The molecule has 0 unspecified atom stereocenters.